The topological polar surface area (TPSA) is 74.0 Å². The predicted molar refractivity (Wildman–Crippen MR) is 118 cm³/mol. The van der Waals surface area contributed by atoms with Crippen LogP contribution in [0.2, 0.25) is 1.41 Å². The fourth-order valence-corrected chi connectivity index (χ4v) is 4.79. The van der Waals surface area contributed by atoms with Crippen molar-refractivity contribution in [1.29, 1.82) is 0 Å². The molecule has 1 saturated heterocycles. The fourth-order valence-electron chi connectivity index (χ4n) is 4.79. The number of fused-ring (bicyclic) bond motifs is 3. The summed E-state index contributed by atoms with van der Waals surface area (Å²) < 4.78 is 24.8. The molecule has 0 amide bonds. The van der Waals surface area contributed by atoms with Crippen molar-refractivity contribution in [2.24, 2.45) is 17.6 Å². The molecule has 30 heavy (non-hydrogen) atoms. The smallest absolute Gasteiger partial charge is 0.326 e. The van der Waals surface area contributed by atoms with Gasteiger partial charge in [-0.1, -0.05) is 20.8 Å². The van der Waals surface area contributed by atoms with Gasteiger partial charge in [-0.3, -0.25) is 9.69 Å². The lowest BCUT2D eigenvalue weighted by Crippen LogP contribution is -2.52. The van der Waals surface area contributed by atoms with Gasteiger partial charge in [0.1, 0.15) is 13.1 Å². The summed E-state index contributed by atoms with van der Waals surface area (Å²) in [6.07, 6.45) is 3.07. The van der Waals surface area contributed by atoms with Gasteiger partial charge in [0, 0.05) is 31.5 Å². The SMILES string of the molecule is [2H]N[C@@](C)(CC)C(=O)O[C@@H]1C[C@@H]2c3cc(OC)c(OC)cc3CCN2C[C@H]1CC(C)C. The lowest BCUT2D eigenvalue weighted by atomic mass is 9.79. The molecule has 6 nitrogen and oxygen atoms in total. The van der Waals surface area contributed by atoms with Gasteiger partial charge in [0.25, 0.3) is 0 Å². The molecule has 1 aromatic carbocycles. The number of rotatable bonds is 8. The standard InChI is InChI=1S/C24H38N2O4/c1-7-24(4,25)23(27)30-20-13-19-18-12-22(29-6)21(28-5)11-16(18)8-9-26(19)14-17(20)10-15(2)3/h11-12,15,17,19-20H,7-10,13-14,25H2,1-6H3/t17-,19-,20-,24+/m1/s1/i/hD. The molecular weight excluding hydrogens is 380 g/mol. The molecule has 0 radical (unpaired) electrons. The molecule has 0 spiro atoms. The van der Waals surface area contributed by atoms with Crippen molar-refractivity contribution in [3.05, 3.63) is 23.3 Å². The predicted octanol–water partition coefficient (Wildman–Crippen LogP) is 3.71. The molecule has 2 aliphatic heterocycles. The van der Waals surface area contributed by atoms with E-state index in [1.54, 1.807) is 21.1 Å². The van der Waals surface area contributed by atoms with E-state index in [9.17, 15) is 4.79 Å². The first-order valence-electron chi connectivity index (χ1n) is 11.6. The third kappa shape index (κ3) is 4.59. The summed E-state index contributed by atoms with van der Waals surface area (Å²) in [6, 6.07) is 4.36. The number of nitrogens with zero attached hydrogens (tertiary/aromatic N) is 1. The molecule has 3 rings (SSSR count). The van der Waals surface area contributed by atoms with Crippen LogP contribution in [-0.2, 0) is 16.0 Å². The summed E-state index contributed by atoms with van der Waals surface area (Å²) in [7, 11) is 3.32. The van der Waals surface area contributed by atoms with Crippen LogP contribution in [-0.4, -0.2) is 49.8 Å². The van der Waals surface area contributed by atoms with Crippen molar-refractivity contribution in [2.45, 2.75) is 71.1 Å². The molecule has 0 bridgehead atoms. The first kappa shape index (κ1) is 21.4. The maximum absolute atomic E-state index is 13.0. The Kier molecular flexibility index (Phi) is 6.54. The van der Waals surface area contributed by atoms with Gasteiger partial charge in [0.2, 0.25) is 0 Å². The van der Waals surface area contributed by atoms with E-state index >= 15 is 0 Å². The number of ether oxygens (including phenoxy) is 3. The second-order valence-electron chi connectivity index (χ2n) is 9.42. The molecule has 2 N–H and O–H groups in total. The first-order chi connectivity index (χ1) is 14.8. The number of esters is 1. The largest absolute Gasteiger partial charge is 0.493 e. The van der Waals surface area contributed by atoms with E-state index in [-0.39, 0.29) is 24.0 Å². The highest BCUT2D eigenvalue weighted by Gasteiger charge is 2.42. The average Bonchev–Trinajstić information content (AvgIpc) is 2.77. The Labute approximate surface area is 182 Å². The van der Waals surface area contributed by atoms with Crippen LogP contribution in [0.15, 0.2) is 12.1 Å². The van der Waals surface area contributed by atoms with Gasteiger partial charge in [-0.05, 0) is 55.4 Å². The lowest BCUT2D eigenvalue weighted by Gasteiger charge is -2.47. The number of piperidine rings is 1. The fraction of sp³-hybridized carbons (Fsp3) is 0.708. The number of methoxy groups -OCH3 is 2. The zero-order valence-corrected chi connectivity index (χ0v) is 19.3. The molecule has 6 heteroatoms. The van der Waals surface area contributed by atoms with Gasteiger partial charge in [-0.2, -0.15) is 0 Å². The van der Waals surface area contributed by atoms with Gasteiger partial charge in [0.15, 0.2) is 11.5 Å². The summed E-state index contributed by atoms with van der Waals surface area (Å²) >= 11 is 0. The van der Waals surface area contributed by atoms with Crippen LogP contribution >= 0.6 is 0 Å². The Morgan fingerprint density at radius 2 is 2.03 bits per heavy atom. The summed E-state index contributed by atoms with van der Waals surface area (Å²) in [6.45, 7) is 9.97. The summed E-state index contributed by atoms with van der Waals surface area (Å²) in [5.74, 6) is 1.97. The Morgan fingerprint density at radius 1 is 1.33 bits per heavy atom. The highest BCUT2D eigenvalue weighted by Crippen LogP contribution is 2.44. The minimum atomic E-state index is -0.986. The van der Waals surface area contributed by atoms with E-state index in [4.69, 9.17) is 15.6 Å². The monoisotopic (exact) mass is 419 g/mol. The number of carbonyl (C=O) groups is 1. The summed E-state index contributed by atoms with van der Waals surface area (Å²) in [5.41, 5.74) is 3.94. The molecule has 0 saturated carbocycles. The van der Waals surface area contributed by atoms with E-state index in [0.29, 0.717) is 12.3 Å². The van der Waals surface area contributed by atoms with Crippen molar-refractivity contribution in [3.8, 4) is 11.5 Å². The van der Waals surface area contributed by atoms with Crippen molar-refractivity contribution in [3.63, 3.8) is 0 Å². The molecule has 1 fully saturated rings. The van der Waals surface area contributed by atoms with Crippen molar-refractivity contribution in [2.75, 3.05) is 27.3 Å². The van der Waals surface area contributed by atoms with E-state index < -0.39 is 5.54 Å². The van der Waals surface area contributed by atoms with Crippen LogP contribution in [0.4, 0.5) is 0 Å². The summed E-state index contributed by atoms with van der Waals surface area (Å²) in [5, 5.41) is 0. The van der Waals surface area contributed by atoms with Crippen LogP contribution in [0.25, 0.3) is 0 Å². The first-order valence-corrected chi connectivity index (χ1v) is 11.1. The van der Waals surface area contributed by atoms with E-state index in [0.717, 1.165) is 43.9 Å². The van der Waals surface area contributed by atoms with Crippen LogP contribution in [0, 0.1) is 11.8 Å². The number of hydrogen-bond acceptors (Lipinski definition) is 6. The summed E-state index contributed by atoms with van der Waals surface area (Å²) in [4.78, 5) is 15.5. The van der Waals surface area contributed by atoms with Crippen molar-refractivity contribution >= 4 is 5.97 Å². The third-order valence-electron chi connectivity index (χ3n) is 6.75. The second-order valence-corrected chi connectivity index (χ2v) is 9.42. The molecule has 0 aromatic heterocycles. The van der Waals surface area contributed by atoms with Crippen LogP contribution in [0.1, 0.15) is 64.1 Å². The molecule has 0 aliphatic carbocycles. The Hall–Kier alpha value is -1.79. The number of nitrogens with two attached hydrogens (primary N) is 1. The second kappa shape index (κ2) is 9.15. The maximum Gasteiger partial charge on any atom is 0.326 e. The van der Waals surface area contributed by atoms with Crippen molar-refractivity contribution < 1.29 is 20.4 Å². The molecule has 0 unspecified atom stereocenters. The number of carbonyl (C=O) groups excluding carboxylic acids is 1. The van der Waals surface area contributed by atoms with Gasteiger partial charge in [0.05, 0.1) is 14.2 Å². The van der Waals surface area contributed by atoms with Gasteiger partial charge in [-0.15, -0.1) is 0 Å². The van der Waals surface area contributed by atoms with E-state index in [2.05, 4.69) is 36.6 Å². The molecule has 2 heterocycles. The van der Waals surface area contributed by atoms with Crippen LogP contribution < -0.4 is 15.2 Å². The Balaban J connectivity index is 1.90. The molecule has 2 aliphatic rings. The quantitative estimate of drug-likeness (QED) is 0.648. The van der Waals surface area contributed by atoms with Crippen LogP contribution in [0.3, 0.4) is 0 Å². The maximum atomic E-state index is 13.0. The third-order valence-corrected chi connectivity index (χ3v) is 6.75. The van der Waals surface area contributed by atoms with E-state index in [1.165, 1.54) is 11.1 Å². The van der Waals surface area contributed by atoms with Gasteiger partial charge >= 0.3 is 5.97 Å². The molecule has 4 atom stereocenters. The number of hydrogen-bond donors (Lipinski definition) is 1. The zero-order valence-electron chi connectivity index (χ0n) is 20.3. The van der Waals surface area contributed by atoms with E-state index in [1.807, 2.05) is 6.92 Å². The zero-order chi connectivity index (χ0) is 22.8. The normalized spacial score (nSPS) is 26.2. The number of benzene rings is 1. The molecular formula is C24H38N2O4. The highest BCUT2D eigenvalue weighted by molar-refractivity contribution is 5.80. The Morgan fingerprint density at radius 3 is 2.63 bits per heavy atom. The molecule has 1 aromatic rings. The highest BCUT2D eigenvalue weighted by atomic mass is 16.5. The Bertz CT molecular complexity index is 781. The minimum Gasteiger partial charge on any atom is -0.493 e. The lowest BCUT2D eigenvalue weighted by molar-refractivity contribution is -0.163. The minimum absolute atomic E-state index is 0.172. The average molecular weight is 420 g/mol. The van der Waals surface area contributed by atoms with Gasteiger partial charge < -0.3 is 19.9 Å². The van der Waals surface area contributed by atoms with Crippen LogP contribution in [0.5, 0.6) is 11.5 Å². The van der Waals surface area contributed by atoms with Gasteiger partial charge in [-0.25, -0.2) is 0 Å². The molecule has 168 valence electrons. The van der Waals surface area contributed by atoms with Crippen molar-refractivity contribution in [1.82, 2.24) is 4.90 Å².